The van der Waals surface area contributed by atoms with E-state index in [1.807, 2.05) is 43.3 Å². The molecule has 0 aromatic heterocycles. The van der Waals surface area contributed by atoms with Crippen LogP contribution in [0.25, 0.3) is 11.1 Å². The Hall–Kier alpha value is -4.52. The number of rotatable bonds is 7. The number of ether oxygens (including phenoxy) is 4. The van der Waals surface area contributed by atoms with Crippen molar-refractivity contribution in [1.29, 1.82) is 0 Å². The standard InChI is InChI=1S/C29H27NO6/c1-17-23(11-18-12-26(35-4)29(32)27(13-18)36-5)22-10-9-21(34-3)15-25(22)24(17)16-28(31)30-19-7-6-8-20(14-19)33-2/h6-16H,1-5H3,(H,30,31). The number of carbonyl (C=O) groups is 2. The van der Waals surface area contributed by atoms with E-state index in [-0.39, 0.29) is 23.2 Å². The van der Waals surface area contributed by atoms with Crippen molar-refractivity contribution in [3.63, 3.8) is 0 Å². The van der Waals surface area contributed by atoms with Gasteiger partial charge in [0.25, 0.3) is 5.78 Å². The van der Waals surface area contributed by atoms with Gasteiger partial charge in [0.1, 0.15) is 11.5 Å². The Morgan fingerprint density at radius 3 is 2.14 bits per heavy atom. The van der Waals surface area contributed by atoms with E-state index in [1.165, 1.54) is 14.2 Å². The molecule has 0 heterocycles. The molecule has 7 nitrogen and oxygen atoms in total. The topological polar surface area (TPSA) is 83.1 Å². The number of carbonyl (C=O) groups excluding carboxylic acids is 2. The van der Waals surface area contributed by atoms with Gasteiger partial charge in [-0.25, -0.2) is 0 Å². The first-order chi connectivity index (χ1) is 17.4. The van der Waals surface area contributed by atoms with Gasteiger partial charge >= 0.3 is 0 Å². The SMILES string of the molecule is COC1=CC(=CC2=C(C)C(=CC(=O)Nc3cccc(OC)c3)c3cc(OC)ccc32)C=C(OC)C1=O. The molecule has 0 unspecified atom stereocenters. The molecule has 2 aliphatic carbocycles. The largest absolute Gasteiger partial charge is 0.497 e. The average molecular weight is 486 g/mol. The summed E-state index contributed by atoms with van der Waals surface area (Å²) in [5, 5.41) is 2.90. The predicted molar refractivity (Wildman–Crippen MR) is 138 cm³/mol. The first-order valence-electron chi connectivity index (χ1n) is 11.2. The Morgan fingerprint density at radius 2 is 1.50 bits per heavy atom. The lowest BCUT2D eigenvalue weighted by Crippen LogP contribution is -2.13. The molecule has 0 bridgehead atoms. The van der Waals surface area contributed by atoms with Crippen LogP contribution < -0.4 is 14.8 Å². The molecule has 7 heteroatoms. The van der Waals surface area contributed by atoms with Crippen LogP contribution in [0.3, 0.4) is 0 Å². The van der Waals surface area contributed by atoms with E-state index >= 15 is 0 Å². The highest BCUT2D eigenvalue weighted by molar-refractivity contribution is 6.12. The molecule has 0 spiro atoms. The van der Waals surface area contributed by atoms with Crippen molar-refractivity contribution >= 4 is 28.5 Å². The minimum Gasteiger partial charge on any atom is -0.497 e. The first kappa shape index (κ1) is 24.6. The number of amides is 1. The predicted octanol–water partition coefficient (Wildman–Crippen LogP) is 5.08. The molecule has 0 saturated carbocycles. The molecule has 4 rings (SSSR count). The summed E-state index contributed by atoms with van der Waals surface area (Å²) in [6.07, 6.45) is 6.87. The second-order valence-corrected chi connectivity index (χ2v) is 8.13. The van der Waals surface area contributed by atoms with Crippen molar-refractivity contribution in [2.45, 2.75) is 6.92 Å². The fourth-order valence-electron chi connectivity index (χ4n) is 4.19. The third kappa shape index (κ3) is 4.81. The fourth-order valence-corrected chi connectivity index (χ4v) is 4.19. The van der Waals surface area contributed by atoms with Crippen LogP contribution in [0.4, 0.5) is 5.69 Å². The van der Waals surface area contributed by atoms with Crippen LogP contribution in [-0.2, 0) is 19.1 Å². The zero-order valence-electron chi connectivity index (χ0n) is 20.8. The van der Waals surface area contributed by atoms with Gasteiger partial charge in [0.2, 0.25) is 5.91 Å². The average Bonchev–Trinajstić information content (AvgIpc) is 3.14. The number of ketones is 1. The second kappa shape index (κ2) is 10.4. The second-order valence-electron chi connectivity index (χ2n) is 8.13. The summed E-state index contributed by atoms with van der Waals surface area (Å²) in [7, 11) is 6.08. The number of methoxy groups -OCH3 is 4. The maximum absolute atomic E-state index is 13.0. The maximum atomic E-state index is 13.0. The number of Topliss-reactive ketones (excluding diaryl/α,β-unsaturated/α-hetero) is 1. The first-order valence-corrected chi connectivity index (χ1v) is 11.2. The summed E-state index contributed by atoms with van der Waals surface area (Å²) in [6.45, 7) is 1.96. The monoisotopic (exact) mass is 485 g/mol. The summed E-state index contributed by atoms with van der Waals surface area (Å²) in [4.78, 5) is 25.4. The molecule has 2 aliphatic rings. The van der Waals surface area contributed by atoms with Crippen molar-refractivity contribution in [3.05, 3.63) is 101 Å². The third-order valence-electron chi connectivity index (χ3n) is 6.02. The van der Waals surface area contributed by atoms with Crippen LogP contribution in [0.15, 0.2) is 89.4 Å². The Labute approximate surface area is 210 Å². The van der Waals surface area contributed by atoms with Crippen molar-refractivity contribution < 1.29 is 28.5 Å². The van der Waals surface area contributed by atoms with Gasteiger partial charge in [0.15, 0.2) is 11.5 Å². The van der Waals surface area contributed by atoms with Gasteiger partial charge in [-0.05, 0) is 82.8 Å². The van der Waals surface area contributed by atoms with Crippen LogP contribution in [0.1, 0.15) is 18.1 Å². The van der Waals surface area contributed by atoms with Gasteiger partial charge in [-0.1, -0.05) is 12.1 Å². The van der Waals surface area contributed by atoms with Gasteiger partial charge in [-0.2, -0.15) is 0 Å². The van der Waals surface area contributed by atoms with Crippen molar-refractivity contribution in [2.24, 2.45) is 0 Å². The lowest BCUT2D eigenvalue weighted by molar-refractivity contribution is -0.118. The van der Waals surface area contributed by atoms with Gasteiger partial charge < -0.3 is 24.3 Å². The Kier molecular flexibility index (Phi) is 7.10. The van der Waals surface area contributed by atoms with E-state index in [2.05, 4.69) is 5.32 Å². The minimum atomic E-state index is -0.311. The van der Waals surface area contributed by atoms with Gasteiger partial charge in [-0.15, -0.1) is 0 Å². The lowest BCUT2D eigenvalue weighted by atomic mass is 9.99. The number of benzene rings is 2. The third-order valence-corrected chi connectivity index (χ3v) is 6.02. The Bertz CT molecular complexity index is 1360. The summed E-state index contributed by atoms with van der Waals surface area (Å²) in [5.41, 5.74) is 5.77. The highest BCUT2D eigenvalue weighted by Crippen LogP contribution is 2.44. The van der Waals surface area contributed by atoms with Crippen LogP contribution in [0.5, 0.6) is 11.5 Å². The molecule has 2 aromatic carbocycles. The number of anilines is 1. The van der Waals surface area contributed by atoms with Crippen LogP contribution >= 0.6 is 0 Å². The van der Waals surface area contributed by atoms with Crippen LogP contribution in [0, 0.1) is 0 Å². The molecule has 1 N–H and O–H groups in total. The smallest absolute Gasteiger partial charge is 0.261 e. The van der Waals surface area contributed by atoms with Crippen molar-refractivity contribution in [2.75, 3.05) is 33.8 Å². The molecule has 184 valence electrons. The fraction of sp³-hybridized carbons (Fsp3) is 0.172. The van der Waals surface area contributed by atoms with E-state index in [4.69, 9.17) is 18.9 Å². The van der Waals surface area contributed by atoms with Gasteiger partial charge in [0.05, 0.1) is 28.4 Å². The zero-order valence-corrected chi connectivity index (χ0v) is 20.8. The van der Waals surface area contributed by atoms with Crippen LogP contribution in [0.2, 0.25) is 0 Å². The van der Waals surface area contributed by atoms with E-state index in [9.17, 15) is 9.59 Å². The maximum Gasteiger partial charge on any atom is 0.261 e. The molecule has 0 aliphatic heterocycles. The number of nitrogens with one attached hydrogen (secondary N) is 1. The molecule has 36 heavy (non-hydrogen) atoms. The van der Waals surface area contributed by atoms with Crippen LogP contribution in [-0.4, -0.2) is 40.1 Å². The van der Waals surface area contributed by atoms with Crippen molar-refractivity contribution in [3.8, 4) is 11.5 Å². The molecule has 0 fully saturated rings. The lowest BCUT2D eigenvalue weighted by Gasteiger charge is -2.14. The van der Waals surface area contributed by atoms with Gasteiger partial charge in [0, 0.05) is 17.8 Å². The van der Waals surface area contributed by atoms with E-state index in [0.717, 1.165) is 33.4 Å². The summed E-state index contributed by atoms with van der Waals surface area (Å²) >= 11 is 0. The highest BCUT2D eigenvalue weighted by Gasteiger charge is 2.26. The molecule has 0 saturated heterocycles. The van der Waals surface area contributed by atoms with E-state index < -0.39 is 0 Å². The number of fused-ring (bicyclic) bond motifs is 1. The molecule has 0 radical (unpaired) electrons. The Morgan fingerprint density at radius 1 is 0.833 bits per heavy atom. The minimum absolute atomic E-state index is 0.195. The Balaban J connectivity index is 1.78. The molecule has 1 amide bonds. The van der Waals surface area contributed by atoms with Crippen molar-refractivity contribution in [1.82, 2.24) is 0 Å². The molecule has 2 aromatic rings. The number of allylic oxidation sites excluding steroid dienone is 7. The summed E-state index contributed by atoms with van der Waals surface area (Å²) in [5.74, 6) is 1.14. The van der Waals surface area contributed by atoms with E-state index in [0.29, 0.717) is 17.2 Å². The number of hydrogen-bond donors (Lipinski definition) is 1. The quantitative estimate of drug-likeness (QED) is 0.551. The molecular weight excluding hydrogens is 458 g/mol. The number of hydrogen-bond acceptors (Lipinski definition) is 6. The summed E-state index contributed by atoms with van der Waals surface area (Å²) < 4.78 is 21.2. The zero-order chi connectivity index (χ0) is 25.8. The normalized spacial score (nSPS) is 15.8. The summed E-state index contributed by atoms with van der Waals surface area (Å²) in [6, 6.07) is 12.9. The van der Waals surface area contributed by atoms with E-state index in [1.54, 1.807) is 44.6 Å². The molecular formula is C29H27NO6. The highest BCUT2D eigenvalue weighted by atomic mass is 16.5. The van der Waals surface area contributed by atoms with Gasteiger partial charge in [-0.3, -0.25) is 9.59 Å². The molecule has 0 atom stereocenters.